The zero-order valence-corrected chi connectivity index (χ0v) is 11.4. The second-order valence-corrected chi connectivity index (χ2v) is 7.34. The van der Waals surface area contributed by atoms with Gasteiger partial charge in [0.05, 0.1) is 10.2 Å². The molecule has 0 aliphatic heterocycles. The Morgan fingerprint density at radius 3 is 2.53 bits per heavy atom. The van der Waals surface area contributed by atoms with Gasteiger partial charge in [0, 0.05) is 21.0 Å². The maximum absolute atomic E-state index is 2.47. The Kier molecular flexibility index (Phi) is 1.39. The molecule has 0 fully saturated rings. The number of aromatic nitrogens is 1. The van der Waals surface area contributed by atoms with Crippen LogP contribution in [-0.2, 0) is 0 Å². The Balaban J connectivity index is 2.39. The summed E-state index contributed by atoms with van der Waals surface area (Å²) in [5, 5.41) is 8.75. The number of fused-ring (bicyclic) bond motifs is 6. The number of rotatable bonds is 0. The molecule has 5 aromatic heterocycles. The van der Waals surface area contributed by atoms with Crippen LogP contribution in [0.2, 0.25) is 0 Å². The largest absolute Gasteiger partial charge is 0.290 e. The maximum Gasteiger partial charge on any atom is 0.110 e. The molecule has 0 saturated carbocycles. The van der Waals surface area contributed by atoms with E-state index in [4.69, 9.17) is 0 Å². The highest BCUT2D eigenvalue weighted by molar-refractivity contribution is 7.24. The van der Waals surface area contributed by atoms with E-state index in [1.807, 2.05) is 34.0 Å². The molecule has 1 nitrogen and oxygen atoms in total. The summed E-state index contributed by atoms with van der Waals surface area (Å²) >= 11 is 5.65. The van der Waals surface area contributed by atoms with Crippen molar-refractivity contribution in [2.24, 2.45) is 0 Å². The molecule has 0 aliphatic rings. The van der Waals surface area contributed by atoms with Crippen LogP contribution >= 0.6 is 34.0 Å². The molecular weight excluding hydrogens is 266 g/mol. The van der Waals surface area contributed by atoms with Gasteiger partial charge in [0.1, 0.15) is 9.66 Å². The quantitative estimate of drug-likeness (QED) is 0.359. The Bertz CT molecular complexity index is 992. The van der Waals surface area contributed by atoms with Gasteiger partial charge in [0.25, 0.3) is 0 Å². The molecule has 82 valence electrons. The highest BCUT2D eigenvalue weighted by atomic mass is 32.1. The van der Waals surface area contributed by atoms with Crippen LogP contribution in [0.3, 0.4) is 0 Å². The first kappa shape index (κ1) is 8.91. The first-order valence-electron chi connectivity index (χ1n) is 5.45. The Morgan fingerprint density at radius 1 is 1.00 bits per heavy atom. The molecule has 0 spiro atoms. The molecule has 0 saturated heterocycles. The molecule has 0 N–H and O–H groups in total. The molecule has 17 heavy (non-hydrogen) atoms. The van der Waals surface area contributed by atoms with Crippen LogP contribution in [-0.4, -0.2) is 4.40 Å². The first-order valence-corrected chi connectivity index (χ1v) is 8.03. The summed E-state index contributed by atoms with van der Waals surface area (Å²) < 4.78 is 3.94. The minimum atomic E-state index is 1.41. The lowest BCUT2D eigenvalue weighted by molar-refractivity contribution is 1.43. The van der Waals surface area contributed by atoms with Crippen molar-refractivity contribution < 1.29 is 0 Å². The fraction of sp³-hybridized carbons (Fsp3) is 0.0769. The molecule has 5 aromatic rings. The Labute approximate surface area is 109 Å². The van der Waals surface area contributed by atoms with Gasteiger partial charge in [-0.1, -0.05) is 0 Å². The normalized spacial score (nSPS) is 13.0. The van der Waals surface area contributed by atoms with Crippen molar-refractivity contribution in [3.63, 3.8) is 0 Å². The van der Waals surface area contributed by atoms with Crippen LogP contribution in [0.4, 0.5) is 0 Å². The van der Waals surface area contributed by atoms with Crippen LogP contribution in [0, 0.1) is 6.92 Å². The summed E-state index contributed by atoms with van der Waals surface area (Å²) in [7, 11) is 0. The van der Waals surface area contributed by atoms with Crippen LogP contribution in [0.5, 0.6) is 0 Å². The van der Waals surface area contributed by atoms with Crippen molar-refractivity contribution in [1.29, 1.82) is 0 Å². The maximum atomic E-state index is 2.47. The standard InChI is InChI=1S/C13H7NS3/c1-6-9-7-2-4-15-12(7)14-10(9)11(17-6)8-3-5-16-13(8)14/h2-5H,1H3. The smallest absolute Gasteiger partial charge is 0.110 e. The van der Waals surface area contributed by atoms with Crippen molar-refractivity contribution in [1.82, 2.24) is 4.40 Å². The predicted molar refractivity (Wildman–Crippen MR) is 79.5 cm³/mol. The minimum Gasteiger partial charge on any atom is -0.290 e. The van der Waals surface area contributed by atoms with E-state index in [9.17, 15) is 0 Å². The fourth-order valence-electron chi connectivity index (χ4n) is 2.85. The highest BCUT2D eigenvalue weighted by Gasteiger charge is 2.22. The molecule has 0 aliphatic carbocycles. The van der Waals surface area contributed by atoms with E-state index in [0.29, 0.717) is 0 Å². The van der Waals surface area contributed by atoms with E-state index < -0.39 is 0 Å². The molecule has 0 aromatic carbocycles. The zero-order chi connectivity index (χ0) is 11.1. The fourth-order valence-corrected chi connectivity index (χ4v) is 5.99. The summed E-state index contributed by atoms with van der Waals surface area (Å²) in [5.41, 5.74) is 1.45. The molecule has 5 heterocycles. The average Bonchev–Trinajstić information content (AvgIpc) is 2.97. The Hall–Kier alpha value is -1.10. The Morgan fingerprint density at radius 2 is 1.71 bits per heavy atom. The zero-order valence-electron chi connectivity index (χ0n) is 8.98. The van der Waals surface area contributed by atoms with Gasteiger partial charge >= 0.3 is 0 Å². The second-order valence-electron chi connectivity index (χ2n) is 4.33. The van der Waals surface area contributed by atoms with Crippen LogP contribution in [0.25, 0.3) is 36.0 Å². The van der Waals surface area contributed by atoms with Gasteiger partial charge in [-0.3, -0.25) is 4.40 Å². The lowest BCUT2D eigenvalue weighted by Crippen LogP contribution is -1.71. The lowest BCUT2D eigenvalue weighted by atomic mass is 10.2. The third kappa shape index (κ3) is 0.823. The van der Waals surface area contributed by atoms with Gasteiger partial charge in [0.15, 0.2) is 0 Å². The summed E-state index contributed by atoms with van der Waals surface area (Å²) in [5.74, 6) is 0. The highest BCUT2D eigenvalue weighted by Crippen LogP contribution is 2.47. The van der Waals surface area contributed by atoms with Crippen LogP contribution in [0.15, 0.2) is 22.9 Å². The molecule has 0 atom stereocenters. The van der Waals surface area contributed by atoms with Crippen molar-refractivity contribution in [3.05, 3.63) is 27.8 Å². The van der Waals surface area contributed by atoms with Crippen molar-refractivity contribution in [3.8, 4) is 0 Å². The second kappa shape index (κ2) is 2.66. The minimum absolute atomic E-state index is 1.41. The summed E-state index contributed by atoms with van der Waals surface area (Å²) in [6.07, 6.45) is 0. The summed E-state index contributed by atoms with van der Waals surface area (Å²) in [4.78, 5) is 4.27. The van der Waals surface area contributed by atoms with Gasteiger partial charge in [-0.2, -0.15) is 0 Å². The van der Waals surface area contributed by atoms with Crippen LogP contribution < -0.4 is 0 Å². The van der Waals surface area contributed by atoms with E-state index >= 15 is 0 Å². The predicted octanol–water partition coefficient (Wildman–Crippen LogP) is 5.33. The average molecular weight is 273 g/mol. The van der Waals surface area contributed by atoms with Gasteiger partial charge in [-0.05, 0) is 29.8 Å². The van der Waals surface area contributed by atoms with E-state index in [-0.39, 0.29) is 0 Å². The number of hydrogen-bond donors (Lipinski definition) is 0. The topological polar surface area (TPSA) is 4.41 Å². The SMILES string of the molecule is Cc1sc2c3ccsc3n3c4sccc4c1c23. The van der Waals surface area contributed by atoms with Gasteiger partial charge in [-0.25, -0.2) is 0 Å². The van der Waals surface area contributed by atoms with Crippen molar-refractivity contribution >= 4 is 70.0 Å². The molecule has 0 amide bonds. The molecular formula is C13H7NS3. The van der Waals surface area contributed by atoms with Gasteiger partial charge in [-0.15, -0.1) is 34.0 Å². The molecule has 4 heteroatoms. The molecule has 5 rings (SSSR count). The van der Waals surface area contributed by atoms with E-state index in [1.165, 1.54) is 40.9 Å². The summed E-state index contributed by atoms with van der Waals surface area (Å²) in [6, 6.07) is 4.53. The molecule has 0 radical (unpaired) electrons. The monoisotopic (exact) mass is 273 g/mol. The third-order valence-corrected chi connectivity index (χ3v) is 6.42. The van der Waals surface area contributed by atoms with Gasteiger partial charge in [0.2, 0.25) is 0 Å². The first-order chi connectivity index (χ1) is 8.36. The van der Waals surface area contributed by atoms with Crippen LogP contribution in [0.1, 0.15) is 4.88 Å². The lowest BCUT2D eigenvalue weighted by Gasteiger charge is -1.86. The number of thiophene rings is 3. The van der Waals surface area contributed by atoms with E-state index in [1.54, 1.807) is 0 Å². The summed E-state index contributed by atoms with van der Waals surface area (Å²) in [6.45, 7) is 2.25. The number of aryl methyl sites for hydroxylation is 1. The van der Waals surface area contributed by atoms with E-state index in [0.717, 1.165) is 0 Å². The third-order valence-electron chi connectivity index (χ3n) is 3.49. The molecule has 0 bridgehead atoms. The number of nitrogens with zero attached hydrogens (tertiary/aromatic N) is 1. The van der Waals surface area contributed by atoms with Crippen molar-refractivity contribution in [2.75, 3.05) is 0 Å². The molecule has 0 unspecified atom stereocenters. The number of hydrogen-bond acceptors (Lipinski definition) is 3. The van der Waals surface area contributed by atoms with E-state index in [2.05, 4.69) is 34.2 Å². The van der Waals surface area contributed by atoms with Gasteiger partial charge < -0.3 is 0 Å². The van der Waals surface area contributed by atoms with Crippen molar-refractivity contribution in [2.45, 2.75) is 6.92 Å².